The van der Waals surface area contributed by atoms with Gasteiger partial charge in [-0.05, 0) is 44.0 Å². The number of carbonyl (C=O) groups is 2. The first-order valence-corrected chi connectivity index (χ1v) is 11.3. The van der Waals surface area contributed by atoms with E-state index in [1.807, 2.05) is 0 Å². The quantitative estimate of drug-likeness (QED) is 0.311. The first-order valence-electron chi connectivity index (χ1n) is 10.9. The van der Waals surface area contributed by atoms with Crippen LogP contribution < -0.4 is 10.7 Å². The second kappa shape index (κ2) is 10.1. The number of furan rings is 1. The molecule has 0 fully saturated rings. The number of halogens is 4. The number of hydrogen-bond donors (Lipinski definition) is 2. The van der Waals surface area contributed by atoms with Crippen molar-refractivity contribution in [2.75, 3.05) is 5.32 Å². The number of benzene rings is 2. The Morgan fingerprint density at radius 2 is 1.89 bits per heavy atom. The van der Waals surface area contributed by atoms with Crippen molar-refractivity contribution in [2.45, 2.75) is 32.4 Å². The molecule has 0 aliphatic heterocycles. The summed E-state index contributed by atoms with van der Waals surface area (Å²) in [6.07, 6.45) is -3.09. The molecule has 3 aromatic rings. The zero-order chi connectivity index (χ0) is 26.9. The summed E-state index contributed by atoms with van der Waals surface area (Å²) in [4.78, 5) is 35.7. The Bertz CT molecular complexity index is 1450. The van der Waals surface area contributed by atoms with Gasteiger partial charge >= 0.3 is 6.18 Å². The molecule has 9 nitrogen and oxygen atoms in total. The molecule has 0 saturated heterocycles. The van der Waals surface area contributed by atoms with Crippen molar-refractivity contribution < 1.29 is 32.1 Å². The maximum absolute atomic E-state index is 13.1. The smallest absolute Gasteiger partial charge is 0.416 e. The number of nitro groups is 1. The van der Waals surface area contributed by atoms with Crippen LogP contribution in [0.3, 0.4) is 0 Å². The minimum atomic E-state index is -4.62. The molecular weight excluding hydrogens is 517 g/mol. The lowest BCUT2D eigenvalue weighted by atomic mass is 9.93. The summed E-state index contributed by atoms with van der Waals surface area (Å²) in [7, 11) is 0. The van der Waals surface area contributed by atoms with Crippen molar-refractivity contribution in [2.24, 2.45) is 5.10 Å². The van der Waals surface area contributed by atoms with Crippen LogP contribution in [0.4, 0.5) is 24.5 Å². The molecule has 0 unspecified atom stereocenters. The van der Waals surface area contributed by atoms with Crippen LogP contribution in [0, 0.1) is 17.0 Å². The summed E-state index contributed by atoms with van der Waals surface area (Å²) < 4.78 is 44.9. The Morgan fingerprint density at radius 1 is 1.14 bits per heavy atom. The number of amides is 2. The number of aryl methyl sites for hydroxylation is 1. The minimum Gasteiger partial charge on any atom is -0.455 e. The molecule has 0 bridgehead atoms. The number of rotatable bonds is 5. The monoisotopic (exact) mass is 534 g/mol. The predicted molar refractivity (Wildman–Crippen MR) is 128 cm³/mol. The third-order valence-corrected chi connectivity index (χ3v) is 6.01. The molecule has 0 spiro atoms. The average Bonchev–Trinajstić information content (AvgIpc) is 3.20. The number of fused-ring (bicyclic) bond motifs is 1. The number of hydrazone groups is 1. The molecule has 2 amide bonds. The molecule has 13 heteroatoms. The van der Waals surface area contributed by atoms with E-state index in [2.05, 4.69) is 15.8 Å². The first-order chi connectivity index (χ1) is 17.5. The molecule has 4 rings (SSSR count). The summed E-state index contributed by atoms with van der Waals surface area (Å²) in [5.41, 5.74) is 2.28. The maximum atomic E-state index is 13.1. The van der Waals surface area contributed by atoms with Crippen LogP contribution in [0.15, 0.2) is 52.0 Å². The van der Waals surface area contributed by atoms with Gasteiger partial charge in [-0.2, -0.15) is 18.3 Å². The van der Waals surface area contributed by atoms with Gasteiger partial charge in [0.25, 0.3) is 17.5 Å². The summed E-state index contributed by atoms with van der Waals surface area (Å²) >= 11 is 5.98. The molecule has 1 aliphatic carbocycles. The van der Waals surface area contributed by atoms with E-state index in [4.69, 9.17) is 16.0 Å². The van der Waals surface area contributed by atoms with Crippen LogP contribution in [0.25, 0.3) is 0 Å². The number of anilines is 1. The van der Waals surface area contributed by atoms with Crippen LogP contribution in [-0.2, 0) is 12.6 Å². The molecule has 192 valence electrons. The third kappa shape index (κ3) is 5.48. The van der Waals surface area contributed by atoms with Gasteiger partial charge in [0, 0.05) is 35.2 Å². The van der Waals surface area contributed by atoms with Gasteiger partial charge in [0.1, 0.15) is 5.76 Å². The number of alkyl halides is 3. The van der Waals surface area contributed by atoms with E-state index < -0.39 is 28.5 Å². The highest BCUT2D eigenvalue weighted by atomic mass is 35.5. The highest BCUT2D eigenvalue weighted by Gasteiger charge is 2.32. The van der Waals surface area contributed by atoms with Crippen LogP contribution in [-0.4, -0.2) is 22.4 Å². The van der Waals surface area contributed by atoms with E-state index in [0.29, 0.717) is 41.9 Å². The fraction of sp³-hybridized carbons (Fsp3) is 0.208. The highest BCUT2D eigenvalue weighted by molar-refractivity contribution is 6.34. The standard InChI is InChI=1S/C24H18ClF3N4O5/c1-12-20-17(30-31-22(33)13-4-2-5-15(10-13)32(35)36)6-3-7-19(20)37-21(12)23(34)29-18-11-14(24(26,27)28)8-9-16(18)25/h2,4-5,8-11H,3,6-7H2,1H3,(H,29,34)(H,31,33)/b30-17+. The summed E-state index contributed by atoms with van der Waals surface area (Å²) in [6.45, 7) is 1.59. The number of nitrogens with one attached hydrogen (secondary N) is 2. The Balaban J connectivity index is 1.58. The largest absolute Gasteiger partial charge is 0.455 e. The van der Waals surface area contributed by atoms with Crippen LogP contribution in [0.2, 0.25) is 5.02 Å². The van der Waals surface area contributed by atoms with Crippen molar-refractivity contribution in [3.05, 3.63) is 91.4 Å². The second-order valence-electron chi connectivity index (χ2n) is 8.16. The molecule has 0 atom stereocenters. The van der Waals surface area contributed by atoms with Gasteiger partial charge in [-0.15, -0.1) is 0 Å². The molecule has 1 aliphatic rings. The predicted octanol–water partition coefficient (Wildman–Crippen LogP) is 5.89. The van der Waals surface area contributed by atoms with Crippen LogP contribution in [0.5, 0.6) is 0 Å². The zero-order valence-electron chi connectivity index (χ0n) is 19.1. The van der Waals surface area contributed by atoms with Gasteiger partial charge in [0.2, 0.25) is 0 Å². The van der Waals surface area contributed by atoms with Crippen LogP contribution >= 0.6 is 11.6 Å². The normalized spacial score (nSPS) is 14.2. The molecule has 0 radical (unpaired) electrons. The van der Waals surface area contributed by atoms with Gasteiger partial charge in [0.05, 0.1) is 26.9 Å². The van der Waals surface area contributed by atoms with E-state index in [1.54, 1.807) is 6.92 Å². The fourth-order valence-corrected chi connectivity index (χ4v) is 4.08. The first kappa shape index (κ1) is 25.9. The number of non-ortho nitro benzene ring substituents is 1. The Morgan fingerprint density at radius 3 is 2.59 bits per heavy atom. The number of hydrogen-bond acceptors (Lipinski definition) is 6. The van der Waals surface area contributed by atoms with Gasteiger partial charge in [-0.3, -0.25) is 19.7 Å². The van der Waals surface area contributed by atoms with Gasteiger partial charge in [0.15, 0.2) is 5.76 Å². The van der Waals surface area contributed by atoms with Gasteiger partial charge in [-0.1, -0.05) is 17.7 Å². The average molecular weight is 535 g/mol. The Hall–Kier alpha value is -4.19. The molecular formula is C24H18ClF3N4O5. The topological polar surface area (TPSA) is 127 Å². The second-order valence-corrected chi connectivity index (χ2v) is 8.57. The van der Waals surface area contributed by atoms with Crippen molar-refractivity contribution in [1.82, 2.24) is 5.43 Å². The van der Waals surface area contributed by atoms with E-state index in [0.717, 1.165) is 24.3 Å². The van der Waals surface area contributed by atoms with E-state index in [9.17, 15) is 32.9 Å². The van der Waals surface area contributed by atoms with E-state index >= 15 is 0 Å². The van der Waals surface area contributed by atoms with Crippen molar-refractivity contribution in [3.8, 4) is 0 Å². The third-order valence-electron chi connectivity index (χ3n) is 5.69. The molecule has 1 heterocycles. The maximum Gasteiger partial charge on any atom is 0.416 e. The molecule has 0 saturated carbocycles. The number of nitro benzene ring substituents is 1. The van der Waals surface area contributed by atoms with Crippen molar-refractivity contribution in [1.29, 1.82) is 0 Å². The molecule has 37 heavy (non-hydrogen) atoms. The summed E-state index contributed by atoms with van der Waals surface area (Å²) in [5.74, 6) is -1.15. The molecule has 2 aromatic carbocycles. The number of nitrogens with zero attached hydrogens (tertiary/aromatic N) is 2. The minimum absolute atomic E-state index is 0.0385. The lowest BCUT2D eigenvalue weighted by Gasteiger charge is -2.13. The van der Waals surface area contributed by atoms with Gasteiger partial charge < -0.3 is 9.73 Å². The van der Waals surface area contributed by atoms with Crippen LogP contribution in [0.1, 0.15) is 56.2 Å². The summed E-state index contributed by atoms with van der Waals surface area (Å²) in [5, 5.41) is 17.4. The van der Waals surface area contributed by atoms with Crippen molar-refractivity contribution >= 4 is 40.5 Å². The zero-order valence-corrected chi connectivity index (χ0v) is 19.9. The molecule has 2 N–H and O–H groups in total. The molecule has 1 aromatic heterocycles. The lowest BCUT2D eigenvalue weighted by Crippen LogP contribution is -2.22. The van der Waals surface area contributed by atoms with E-state index in [-0.39, 0.29) is 27.7 Å². The van der Waals surface area contributed by atoms with E-state index in [1.165, 1.54) is 18.2 Å². The highest BCUT2D eigenvalue weighted by Crippen LogP contribution is 2.35. The SMILES string of the molecule is Cc1c(C(=O)Nc2cc(C(F)(F)F)ccc2Cl)oc2c1/C(=N/NC(=O)c1cccc([N+](=O)[O-])c1)CCC2. The lowest BCUT2D eigenvalue weighted by molar-refractivity contribution is -0.384. The Labute approximate surface area is 212 Å². The van der Waals surface area contributed by atoms with Crippen molar-refractivity contribution in [3.63, 3.8) is 0 Å². The Kier molecular flexibility index (Phi) is 7.03. The summed E-state index contributed by atoms with van der Waals surface area (Å²) in [6, 6.07) is 7.72. The fourth-order valence-electron chi connectivity index (χ4n) is 3.92. The number of carbonyl (C=O) groups excluding carboxylic acids is 2. The van der Waals surface area contributed by atoms with Gasteiger partial charge in [-0.25, -0.2) is 5.43 Å².